The summed E-state index contributed by atoms with van der Waals surface area (Å²) in [5, 5.41) is 5.55. The zero-order chi connectivity index (χ0) is 23.3. The van der Waals surface area contributed by atoms with E-state index in [4.69, 9.17) is 11.6 Å². The normalized spacial score (nSPS) is 11.1. The standard InChI is InChI=1S/C23H22ClN3O4S/c1-15(2)25-23(29)18-10-6-7-11-20(18)26-22(28)16-12-13-21(19(24)14-16)27-32(30,31)17-8-4-3-5-9-17/h3-15,27H,1-2H3,(H,25,29)(H,26,28). The number of carbonyl (C=O) groups is 2. The number of amides is 2. The van der Waals surface area contributed by atoms with Gasteiger partial charge < -0.3 is 10.6 Å². The molecule has 0 radical (unpaired) electrons. The van der Waals surface area contributed by atoms with Gasteiger partial charge in [-0.25, -0.2) is 8.42 Å². The number of benzene rings is 3. The number of carbonyl (C=O) groups excluding carboxylic acids is 2. The van der Waals surface area contributed by atoms with Gasteiger partial charge in [0.05, 0.1) is 26.9 Å². The molecule has 0 aliphatic heterocycles. The predicted molar refractivity (Wildman–Crippen MR) is 126 cm³/mol. The second kappa shape index (κ2) is 9.84. The van der Waals surface area contributed by atoms with Crippen molar-refractivity contribution in [2.45, 2.75) is 24.8 Å². The maximum absolute atomic E-state index is 12.7. The van der Waals surface area contributed by atoms with Crippen LogP contribution in [0.5, 0.6) is 0 Å². The average Bonchev–Trinajstić information content (AvgIpc) is 2.75. The Morgan fingerprint density at radius 1 is 0.844 bits per heavy atom. The van der Waals surface area contributed by atoms with E-state index in [1.165, 1.54) is 30.3 Å². The highest BCUT2D eigenvalue weighted by atomic mass is 35.5. The van der Waals surface area contributed by atoms with Crippen LogP contribution in [0.4, 0.5) is 11.4 Å². The van der Waals surface area contributed by atoms with E-state index in [0.717, 1.165) is 0 Å². The predicted octanol–water partition coefficient (Wildman–Crippen LogP) is 4.53. The minimum Gasteiger partial charge on any atom is -0.350 e. The molecule has 166 valence electrons. The number of rotatable bonds is 7. The second-order valence-corrected chi connectivity index (χ2v) is 9.33. The number of hydrogen-bond donors (Lipinski definition) is 3. The maximum Gasteiger partial charge on any atom is 0.261 e. The SMILES string of the molecule is CC(C)NC(=O)c1ccccc1NC(=O)c1ccc(NS(=O)(=O)c2ccccc2)c(Cl)c1. The van der Waals surface area contributed by atoms with Crippen molar-refractivity contribution in [2.24, 2.45) is 0 Å². The van der Waals surface area contributed by atoms with Gasteiger partial charge in [-0.1, -0.05) is 41.9 Å². The fourth-order valence-corrected chi connectivity index (χ4v) is 4.25. The summed E-state index contributed by atoms with van der Waals surface area (Å²) in [5.74, 6) is -0.797. The van der Waals surface area contributed by atoms with Crippen LogP contribution in [0.15, 0.2) is 77.7 Å². The third kappa shape index (κ3) is 5.66. The van der Waals surface area contributed by atoms with Crippen molar-refractivity contribution in [1.29, 1.82) is 0 Å². The molecule has 3 N–H and O–H groups in total. The summed E-state index contributed by atoms with van der Waals surface area (Å²) in [6, 6.07) is 18.7. The van der Waals surface area contributed by atoms with Crippen molar-refractivity contribution in [3.05, 3.63) is 88.9 Å². The number of para-hydroxylation sites is 1. The lowest BCUT2D eigenvalue weighted by Gasteiger charge is -2.14. The molecule has 0 saturated heterocycles. The van der Waals surface area contributed by atoms with Crippen molar-refractivity contribution in [2.75, 3.05) is 10.0 Å². The molecule has 0 fully saturated rings. The Balaban J connectivity index is 1.79. The molecule has 3 aromatic carbocycles. The third-order valence-corrected chi connectivity index (χ3v) is 6.06. The fraction of sp³-hybridized carbons (Fsp3) is 0.130. The fourth-order valence-electron chi connectivity index (χ4n) is 2.87. The number of halogens is 1. The van der Waals surface area contributed by atoms with Crippen LogP contribution in [0.25, 0.3) is 0 Å². The highest BCUT2D eigenvalue weighted by Gasteiger charge is 2.18. The summed E-state index contributed by atoms with van der Waals surface area (Å²) in [4.78, 5) is 25.2. The van der Waals surface area contributed by atoms with E-state index in [0.29, 0.717) is 11.3 Å². The van der Waals surface area contributed by atoms with Gasteiger partial charge in [-0.15, -0.1) is 0 Å². The van der Waals surface area contributed by atoms with Crippen LogP contribution in [-0.2, 0) is 10.0 Å². The third-order valence-electron chi connectivity index (χ3n) is 4.37. The molecule has 0 aliphatic rings. The van der Waals surface area contributed by atoms with Gasteiger partial charge in [0.15, 0.2) is 0 Å². The Morgan fingerprint density at radius 2 is 1.50 bits per heavy atom. The van der Waals surface area contributed by atoms with Crippen molar-refractivity contribution < 1.29 is 18.0 Å². The van der Waals surface area contributed by atoms with E-state index >= 15 is 0 Å². The number of hydrogen-bond acceptors (Lipinski definition) is 4. The van der Waals surface area contributed by atoms with Crippen molar-refractivity contribution in [1.82, 2.24) is 5.32 Å². The molecule has 0 heterocycles. The molecule has 3 rings (SSSR count). The molecule has 0 spiro atoms. The molecule has 0 unspecified atom stereocenters. The van der Waals surface area contributed by atoms with Crippen LogP contribution < -0.4 is 15.4 Å². The summed E-state index contributed by atoms with van der Waals surface area (Å²) in [6.07, 6.45) is 0. The highest BCUT2D eigenvalue weighted by molar-refractivity contribution is 7.92. The summed E-state index contributed by atoms with van der Waals surface area (Å²) in [6.45, 7) is 3.68. The van der Waals surface area contributed by atoms with E-state index in [-0.39, 0.29) is 33.1 Å². The Kier molecular flexibility index (Phi) is 7.17. The van der Waals surface area contributed by atoms with Gasteiger partial charge in [0.2, 0.25) is 0 Å². The smallest absolute Gasteiger partial charge is 0.261 e. The van der Waals surface area contributed by atoms with Gasteiger partial charge in [-0.3, -0.25) is 14.3 Å². The molecule has 2 amide bonds. The number of sulfonamides is 1. The Bertz CT molecular complexity index is 1250. The first-order chi connectivity index (χ1) is 15.2. The van der Waals surface area contributed by atoms with Crippen LogP contribution in [0.2, 0.25) is 5.02 Å². The van der Waals surface area contributed by atoms with E-state index in [1.54, 1.807) is 42.5 Å². The lowest BCUT2D eigenvalue weighted by Crippen LogP contribution is -2.31. The average molecular weight is 472 g/mol. The summed E-state index contributed by atoms with van der Waals surface area (Å²) in [5.41, 5.74) is 1.02. The van der Waals surface area contributed by atoms with Crippen molar-refractivity contribution in [3.63, 3.8) is 0 Å². The summed E-state index contributed by atoms with van der Waals surface area (Å²) >= 11 is 6.24. The van der Waals surface area contributed by atoms with E-state index in [2.05, 4.69) is 15.4 Å². The molecular formula is C23H22ClN3O4S. The first-order valence-corrected chi connectivity index (χ1v) is 11.6. The molecule has 0 aromatic heterocycles. The second-order valence-electron chi connectivity index (χ2n) is 7.24. The molecule has 3 aromatic rings. The molecule has 0 bridgehead atoms. The van der Waals surface area contributed by atoms with E-state index in [1.807, 2.05) is 13.8 Å². The van der Waals surface area contributed by atoms with Crippen LogP contribution in [0.1, 0.15) is 34.6 Å². The van der Waals surface area contributed by atoms with E-state index in [9.17, 15) is 18.0 Å². The number of anilines is 2. The molecule has 0 atom stereocenters. The maximum atomic E-state index is 12.7. The van der Waals surface area contributed by atoms with Gasteiger partial charge in [0, 0.05) is 11.6 Å². The van der Waals surface area contributed by atoms with Gasteiger partial charge in [-0.2, -0.15) is 0 Å². The highest BCUT2D eigenvalue weighted by Crippen LogP contribution is 2.26. The Labute approximate surface area is 191 Å². The molecule has 7 nitrogen and oxygen atoms in total. The molecule has 32 heavy (non-hydrogen) atoms. The minimum atomic E-state index is -3.82. The van der Waals surface area contributed by atoms with Crippen LogP contribution in [-0.4, -0.2) is 26.3 Å². The van der Waals surface area contributed by atoms with Crippen molar-refractivity contribution in [3.8, 4) is 0 Å². The van der Waals surface area contributed by atoms with Gasteiger partial charge in [0.25, 0.3) is 21.8 Å². The monoisotopic (exact) mass is 471 g/mol. The minimum absolute atomic E-state index is 0.0581. The van der Waals surface area contributed by atoms with Gasteiger partial charge >= 0.3 is 0 Å². The van der Waals surface area contributed by atoms with E-state index < -0.39 is 15.9 Å². The summed E-state index contributed by atoms with van der Waals surface area (Å²) in [7, 11) is -3.82. The lowest BCUT2D eigenvalue weighted by atomic mass is 10.1. The largest absolute Gasteiger partial charge is 0.350 e. The Morgan fingerprint density at radius 3 is 2.16 bits per heavy atom. The van der Waals surface area contributed by atoms with Crippen LogP contribution in [0, 0.1) is 0 Å². The Hall–Kier alpha value is -3.36. The van der Waals surface area contributed by atoms with Crippen LogP contribution in [0.3, 0.4) is 0 Å². The quantitative estimate of drug-likeness (QED) is 0.470. The van der Waals surface area contributed by atoms with Crippen LogP contribution >= 0.6 is 11.6 Å². The van der Waals surface area contributed by atoms with Crippen molar-refractivity contribution >= 4 is 44.8 Å². The topological polar surface area (TPSA) is 104 Å². The molecule has 0 aliphatic carbocycles. The molecule has 9 heteroatoms. The first-order valence-electron chi connectivity index (χ1n) is 9.76. The zero-order valence-electron chi connectivity index (χ0n) is 17.4. The molecule has 0 saturated carbocycles. The zero-order valence-corrected chi connectivity index (χ0v) is 19.0. The molecular weight excluding hydrogens is 450 g/mol. The lowest BCUT2D eigenvalue weighted by molar-refractivity contribution is 0.0944. The first kappa shape index (κ1) is 23.3. The number of nitrogens with one attached hydrogen (secondary N) is 3. The van der Waals surface area contributed by atoms with Gasteiger partial charge in [0.1, 0.15) is 0 Å². The van der Waals surface area contributed by atoms with Gasteiger partial charge in [-0.05, 0) is 56.3 Å². The summed E-state index contributed by atoms with van der Waals surface area (Å²) < 4.78 is 27.4.